The Morgan fingerprint density at radius 1 is 1.15 bits per heavy atom. The molecule has 1 aromatic carbocycles. The molecular formula is C21H29N3O2. The number of aromatic nitrogens is 1. The molecule has 1 aromatic heterocycles. The molecule has 2 rings (SSSR count). The van der Waals surface area contributed by atoms with Gasteiger partial charge in [-0.2, -0.15) is 0 Å². The molecule has 0 radical (unpaired) electrons. The number of aromatic amines is 1. The van der Waals surface area contributed by atoms with Crippen LogP contribution in [-0.4, -0.2) is 34.7 Å². The zero-order chi connectivity index (χ0) is 19.4. The fourth-order valence-corrected chi connectivity index (χ4v) is 3.10. The summed E-state index contributed by atoms with van der Waals surface area (Å²) in [5.74, 6) is -0.220. The average molecular weight is 355 g/mol. The normalized spacial score (nSPS) is 11.2. The van der Waals surface area contributed by atoms with Crippen LogP contribution < -0.4 is 5.32 Å². The van der Waals surface area contributed by atoms with E-state index in [0.717, 1.165) is 17.8 Å². The van der Waals surface area contributed by atoms with Crippen LogP contribution in [0.25, 0.3) is 0 Å². The highest BCUT2D eigenvalue weighted by Crippen LogP contribution is 2.19. The zero-order valence-electron chi connectivity index (χ0n) is 16.6. The maximum atomic E-state index is 12.6. The summed E-state index contributed by atoms with van der Waals surface area (Å²) in [6.45, 7) is 10.7. The van der Waals surface area contributed by atoms with Gasteiger partial charge in [0.15, 0.2) is 5.78 Å². The predicted molar refractivity (Wildman–Crippen MR) is 104 cm³/mol. The number of ketones is 1. The summed E-state index contributed by atoms with van der Waals surface area (Å²) < 4.78 is 0. The van der Waals surface area contributed by atoms with Gasteiger partial charge in [-0.3, -0.25) is 14.5 Å². The van der Waals surface area contributed by atoms with Crippen LogP contribution in [-0.2, 0) is 13.1 Å². The van der Waals surface area contributed by atoms with Gasteiger partial charge in [-0.1, -0.05) is 24.3 Å². The highest BCUT2D eigenvalue weighted by Gasteiger charge is 2.19. The number of benzene rings is 1. The van der Waals surface area contributed by atoms with Gasteiger partial charge in [0.1, 0.15) is 5.69 Å². The van der Waals surface area contributed by atoms with Gasteiger partial charge in [0, 0.05) is 30.4 Å². The number of nitrogens with one attached hydrogen (secondary N) is 2. The largest absolute Gasteiger partial charge is 0.354 e. The Labute approximate surface area is 155 Å². The van der Waals surface area contributed by atoms with E-state index < -0.39 is 0 Å². The lowest BCUT2D eigenvalue weighted by Gasteiger charge is -2.22. The van der Waals surface area contributed by atoms with Gasteiger partial charge in [0.05, 0.1) is 0 Å². The van der Waals surface area contributed by atoms with Crippen molar-refractivity contribution in [3.63, 3.8) is 0 Å². The third-order valence-electron chi connectivity index (χ3n) is 4.88. The van der Waals surface area contributed by atoms with Crippen molar-refractivity contribution in [2.45, 2.75) is 53.8 Å². The number of carbonyl (C=O) groups is 2. The molecule has 0 aliphatic carbocycles. The lowest BCUT2D eigenvalue weighted by Crippen LogP contribution is -2.28. The Bertz CT molecular complexity index is 806. The standard InChI is InChI=1S/C21H29N3O2/c1-13(2)24(6)12-18-10-8-7-9-17(18)11-22-21(26)20-14(3)19(16(5)25)15(4)23-20/h7-10,13,23H,11-12H2,1-6H3,(H,22,26). The van der Waals surface area contributed by atoms with E-state index in [1.54, 1.807) is 6.92 Å². The number of Topliss-reactive ketones (excluding diaryl/α,β-unsaturated/α-hetero) is 1. The molecule has 0 atom stereocenters. The maximum absolute atomic E-state index is 12.6. The van der Waals surface area contributed by atoms with E-state index in [1.165, 1.54) is 12.5 Å². The van der Waals surface area contributed by atoms with E-state index in [0.29, 0.717) is 29.4 Å². The molecule has 0 spiro atoms. The third kappa shape index (κ3) is 4.41. The van der Waals surface area contributed by atoms with Gasteiger partial charge in [-0.25, -0.2) is 0 Å². The highest BCUT2D eigenvalue weighted by atomic mass is 16.2. The number of rotatable bonds is 7. The molecule has 0 bridgehead atoms. The molecule has 1 amide bonds. The van der Waals surface area contributed by atoms with Crippen LogP contribution in [0.2, 0.25) is 0 Å². The lowest BCUT2D eigenvalue weighted by molar-refractivity contribution is 0.0945. The van der Waals surface area contributed by atoms with Crippen molar-refractivity contribution in [2.24, 2.45) is 0 Å². The van der Waals surface area contributed by atoms with Crippen LogP contribution in [0, 0.1) is 13.8 Å². The van der Waals surface area contributed by atoms with Crippen molar-refractivity contribution in [3.05, 3.63) is 57.9 Å². The van der Waals surface area contributed by atoms with Crippen molar-refractivity contribution in [3.8, 4) is 0 Å². The fraction of sp³-hybridized carbons (Fsp3) is 0.429. The molecule has 0 unspecified atom stereocenters. The molecular weight excluding hydrogens is 326 g/mol. The molecule has 0 saturated heterocycles. The van der Waals surface area contributed by atoms with Crippen molar-refractivity contribution >= 4 is 11.7 Å². The van der Waals surface area contributed by atoms with E-state index in [4.69, 9.17) is 0 Å². The highest BCUT2D eigenvalue weighted by molar-refractivity contribution is 6.02. The fourth-order valence-electron chi connectivity index (χ4n) is 3.10. The molecule has 140 valence electrons. The Morgan fingerprint density at radius 3 is 2.31 bits per heavy atom. The Morgan fingerprint density at radius 2 is 1.77 bits per heavy atom. The van der Waals surface area contributed by atoms with Crippen LogP contribution >= 0.6 is 0 Å². The minimum absolute atomic E-state index is 0.0302. The van der Waals surface area contributed by atoms with Crippen molar-refractivity contribution in [2.75, 3.05) is 7.05 Å². The summed E-state index contributed by atoms with van der Waals surface area (Å²) in [5, 5.41) is 2.98. The Balaban J connectivity index is 2.14. The maximum Gasteiger partial charge on any atom is 0.268 e. The van der Waals surface area contributed by atoms with Crippen molar-refractivity contribution in [1.82, 2.24) is 15.2 Å². The summed E-state index contributed by atoms with van der Waals surface area (Å²) in [7, 11) is 2.09. The summed E-state index contributed by atoms with van der Waals surface area (Å²) in [4.78, 5) is 29.7. The number of aryl methyl sites for hydroxylation is 1. The van der Waals surface area contributed by atoms with Crippen molar-refractivity contribution < 1.29 is 9.59 Å². The molecule has 26 heavy (non-hydrogen) atoms. The summed E-state index contributed by atoms with van der Waals surface area (Å²) >= 11 is 0. The van der Waals surface area contributed by atoms with Crippen LogP contribution in [0.4, 0.5) is 0 Å². The first kappa shape index (κ1) is 19.9. The summed E-state index contributed by atoms with van der Waals surface area (Å²) in [5.41, 5.74) is 4.81. The zero-order valence-corrected chi connectivity index (χ0v) is 16.6. The van der Waals surface area contributed by atoms with Crippen LogP contribution in [0.15, 0.2) is 24.3 Å². The second-order valence-corrected chi connectivity index (χ2v) is 7.14. The predicted octanol–water partition coefficient (Wildman–Crippen LogP) is 3.60. The summed E-state index contributed by atoms with van der Waals surface area (Å²) in [6, 6.07) is 8.59. The van der Waals surface area contributed by atoms with E-state index in [2.05, 4.69) is 42.2 Å². The smallest absolute Gasteiger partial charge is 0.268 e. The van der Waals surface area contributed by atoms with Gasteiger partial charge in [0.2, 0.25) is 0 Å². The van der Waals surface area contributed by atoms with Crippen LogP contribution in [0.1, 0.15) is 64.0 Å². The molecule has 0 fully saturated rings. The average Bonchev–Trinajstić information content (AvgIpc) is 2.88. The molecule has 2 N–H and O–H groups in total. The number of amides is 1. The molecule has 2 aromatic rings. The Kier molecular flexibility index (Phi) is 6.37. The second kappa shape index (κ2) is 8.32. The Hall–Kier alpha value is -2.40. The van der Waals surface area contributed by atoms with Gasteiger partial charge in [0.25, 0.3) is 5.91 Å². The number of hydrogen-bond donors (Lipinski definition) is 2. The number of H-pyrrole nitrogens is 1. The lowest BCUT2D eigenvalue weighted by atomic mass is 10.1. The van der Waals surface area contributed by atoms with Crippen LogP contribution in [0.5, 0.6) is 0 Å². The number of carbonyl (C=O) groups excluding carboxylic acids is 2. The SMILES string of the molecule is CC(=O)c1c(C)[nH]c(C(=O)NCc2ccccc2CN(C)C(C)C)c1C. The molecule has 0 saturated carbocycles. The first-order valence-electron chi connectivity index (χ1n) is 8.97. The second-order valence-electron chi connectivity index (χ2n) is 7.14. The quantitative estimate of drug-likeness (QED) is 0.746. The monoisotopic (exact) mass is 355 g/mol. The first-order valence-corrected chi connectivity index (χ1v) is 8.97. The minimum Gasteiger partial charge on any atom is -0.354 e. The molecule has 0 aliphatic rings. The first-order chi connectivity index (χ1) is 12.2. The molecule has 5 heteroatoms. The van der Waals surface area contributed by atoms with Gasteiger partial charge in [-0.15, -0.1) is 0 Å². The van der Waals surface area contributed by atoms with Gasteiger partial charge in [-0.05, 0) is 58.4 Å². The molecule has 1 heterocycles. The third-order valence-corrected chi connectivity index (χ3v) is 4.88. The van der Waals surface area contributed by atoms with Crippen molar-refractivity contribution in [1.29, 1.82) is 0 Å². The molecule has 0 aliphatic heterocycles. The summed E-state index contributed by atoms with van der Waals surface area (Å²) in [6.07, 6.45) is 0. The van der Waals surface area contributed by atoms with E-state index in [-0.39, 0.29) is 11.7 Å². The molecule has 5 nitrogen and oxygen atoms in total. The van der Waals surface area contributed by atoms with Gasteiger partial charge < -0.3 is 10.3 Å². The topological polar surface area (TPSA) is 65.2 Å². The van der Waals surface area contributed by atoms with E-state index in [9.17, 15) is 9.59 Å². The van der Waals surface area contributed by atoms with Gasteiger partial charge >= 0.3 is 0 Å². The van der Waals surface area contributed by atoms with Crippen LogP contribution in [0.3, 0.4) is 0 Å². The van der Waals surface area contributed by atoms with E-state index >= 15 is 0 Å². The number of hydrogen-bond acceptors (Lipinski definition) is 3. The minimum atomic E-state index is -0.190. The number of nitrogens with zero attached hydrogens (tertiary/aromatic N) is 1. The van der Waals surface area contributed by atoms with E-state index in [1.807, 2.05) is 25.1 Å².